The third-order valence-corrected chi connectivity index (χ3v) is 5.78. The van der Waals surface area contributed by atoms with Gasteiger partial charge >= 0.3 is 5.63 Å². The highest BCUT2D eigenvalue weighted by molar-refractivity contribution is 7.92. The van der Waals surface area contributed by atoms with Gasteiger partial charge in [0.15, 0.2) is 4.90 Å². The highest BCUT2D eigenvalue weighted by Crippen LogP contribution is 2.30. The summed E-state index contributed by atoms with van der Waals surface area (Å²) in [5.41, 5.74) is -0.891. The quantitative estimate of drug-likeness (QED) is 0.375. The number of hydrogen-bond acceptors (Lipinski definition) is 8. The molecule has 3 aromatic rings. The highest BCUT2D eigenvalue weighted by Gasteiger charge is 2.28. The molecule has 0 amide bonds. The van der Waals surface area contributed by atoms with E-state index in [1.807, 2.05) is 0 Å². The van der Waals surface area contributed by atoms with Crippen LogP contribution in [-0.4, -0.2) is 18.3 Å². The smallest absolute Gasteiger partial charge is 0.339 e. The zero-order chi connectivity index (χ0) is 21.5. The monoisotopic (exact) mass is 419 g/mol. The van der Waals surface area contributed by atoms with Crippen LogP contribution in [0, 0.1) is 34.1 Å². The lowest BCUT2D eigenvalue weighted by atomic mass is 10.1. The molecule has 0 spiro atoms. The molecular weight excluding hydrogens is 406 g/mol. The molecule has 12 heteroatoms. The fraction of sp³-hybridized carbons (Fsp3) is 0.118. The molecule has 1 heterocycles. The fourth-order valence-corrected chi connectivity index (χ4v) is 3.91. The van der Waals surface area contributed by atoms with Gasteiger partial charge in [-0.2, -0.15) is 0 Å². The molecule has 0 fully saturated rings. The van der Waals surface area contributed by atoms with E-state index in [1.54, 1.807) is 19.9 Å². The van der Waals surface area contributed by atoms with Crippen LogP contribution < -0.4 is 10.3 Å². The third kappa shape index (κ3) is 3.65. The van der Waals surface area contributed by atoms with E-state index < -0.39 is 41.8 Å². The summed E-state index contributed by atoms with van der Waals surface area (Å²) >= 11 is 0. The lowest BCUT2D eigenvalue weighted by molar-refractivity contribution is -0.396. The summed E-state index contributed by atoms with van der Waals surface area (Å²) in [6.45, 7) is 3.32. The third-order valence-electron chi connectivity index (χ3n) is 4.35. The van der Waals surface area contributed by atoms with E-state index in [0.717, 1.165) is 12.1 Å². The highest BCUT2D eigenvalue weighted by atomic mass is 32.2. The number of sulfonamides is 1. The number of benzene rings is 2. The molecule has 0 saturated heterocycles. The predicted octanol–water partition coefficient (Wildman–Crippen LogP) is 3.03. The van der Waals surface area contributed by atoms with Crippen LogP contribution in [0.25, 0.3) is 11.0 Å². The number of nitrogens with zero attached hydrogens (tertiary/aromatic N) is 2. The maximum absolute atomic E-state index is 12.7. The van der Waals surface area contributed by atoms with Crippen molar-refractivity contribution < 1.29 is 22.7 Å². The van der Waals surface area contributed by atoms with Crippen molar-refractivity contribution >= 4 is 38.1 Å². The zero-order valence-corrected chi connectivity index (χ0v) is 15.8. The molecule has 0 aliphatic heterocycles. The molecule has 0 unspecified atom stereocenters. The van der Waals surface area contributed by atoms with Gasteiger partial charge in [-0.05, 0) is 37.6 Å². The number of nitro groups is 2. The van der Waals surface area contributed by atoms with E-state index >= 15 is 0 Å². The summed E-state index contributed by atoms with van der Waals surface area (Å²) in [6, 6.07) is 6.44. The van der Waals surface area contributed by atoms with Gasteiger partial charge in [0.05, 0.1) is 21.6 Å². The van der Waals surface area contributed by atoms with E-state index in [4.69, 9.17) is 4.42 Å². The van der Waals surface area contributed by atoms with Gasteiger partial charge in [-0.25, -0.2) is 13.2 Å². The zero-order valence-electron chi connectivity index (χ0n) is 15.0. The van der Waals surface area contributed by atoms with Gasteiger partial charge in [0.2, 0.25) is 0 Å². The number of rotatable bonds is 5. The molecule has 0 aliphatic rings. The van der Waals surface area contributed by atoms with Crippen molar-refractivity contribution in [2.24, 2.45) is 0 Å². The Bertz CT molecular complexity index is 1340. The minimum absolute atomic E-state index is 0.00319. The molecule has 3 rings (SSSR count). The van der Waals surface area contributed by atoms with Crippen molar-refractivity contribution in [2.75, 3.05) is 4.72 Å². The van der Waals surface area contributed by atoms with Gasteiger partial charge in [0.25, 0.3) is 21.4 Å². The SMILES string of the molecule is Cc1c(C)c2ccc(NS(=O)(=O)c3ccc([N+](=O)[O-])cc3[N+](=O)[O-])cc2oc1=O. The minimum Gasteiger partial charge on any atom is -0.422 e. The van der Waals surface area contributed by atoms with E-state index in [9.17, 15) is 33.4 Å². The van der Waals surface area contributed by atoms with Crippen LogP contribution in [-0.2, 0) is 10.0 Å². The molecule has 0 radical (unpaired) electrons. The number of aryl methyl sites for hydroxylation is 1. The van der Waals surface area contributed by atoms with Crippen molar-refractivity contribution in [1.82, 2.24) is 0 Å². The van der Waals surface area contributed by atoms with Crippen molar-refractivity contribution in [3.05, 3.63) is 78.2 Å². The van der Waals surface area contributed by atoms with Crippen LogP contribution in [0.2, 0.25) is 0 Å². The summed E-state index contributed by atoms with van der Waals surface area (Å²) in [4.78, 5) is 31.2. The molecule has 29 heavy (non-hydrogen) atoms. The van der Waals surface area contributed by atoms with Crippen molar-refractivity contribution in [3.8, 4) is 0 Å². The normalized spacial score (nSPS) is 11.4. The van der Waals surface area contributed by atoms with Crippen LogP contribution in [0.5, 0.6) is 0 Å². The van der Waals surface area contributed by atoms with E-state index in [1.165, 1.54) is 12.1 Å². The number of nitro benzene ring substituents is 2. The Hall–Kier alpha value is -3.80. The number of anilines is 1. The number of nitrogens with one attached hydrogen (secondary N) is 1. The Labute approximate surface area is 162 Å². The average Bonchev–Trinajstić information content (AvgIpc) is 2.65. The van der Waals surface area contributed by atoms with E-state index in [-0.39, 0.29) is 11.3 Å². The topological polar surface area (TPSA) is 163 Å². The molecule has 2 aromatic carbocycles. The Balaban J connectivity index is 2.08. The maximum Gasteiger partial charge on any atom is 0.339 e. The first-order valence-corrected chi connectivity index (χ1v) is 9.49. The Morgan fingerprint density at radius 1 is 0.966 bits per heavy atom. The standard InChI is InChI=1S/C17H13N3O8S/c1-9-10(2)17(21)28-15-7-11(3-5-13(9)15)18-29(26,27)16-6-4-12(19(22)23)8-14(16)20(24)25/h3-8,18H,1-2H3. The first-order chi connectivity index (χ1) is 13.5. The van der Waals surface area contributed by atoms with Crippen molar-refractivity contribution in [1.29, 1.82) is 0 Å². The fourth-order valence-electron chi connectivity index (χ4n) is 2.71. The van der Waals surface area contributed by atoms with Crippen LogP contribution in [0.1, 0.15) is 11.1 Å². The molecule has 11 nitrogen and oxygen atoms in total. The molecule has 0 aliphatic carbocycles. The maximum atomic E-state index is 12.7. The van der Waals surface area contributed by atoms with Crippen LogP contribution in [0.3, 0.4) is 0 Å². The first kappa shape index (κ1) is 19.9. The lowest BCUT2D eigenvalue weighted by Crippen LogP contribution is -2.15. The molecule has 0 saturated carbocycles. The molecule has 0 bridgehead atoms. The van der Waals surface area contributed by atoms with E-state index in [0.29, 0.717) is 22.6 Å². The van der Waals surface area contributed by atoms with Gasteiger partial charge in [-0.3, -0.25) is 25.0 Å². The van der Waals surface area contributed by atoms with Gasteiger partial charge in [-0.1, -0.05) is 0 Å². The molecule has 150 valence electrons. The number of non-ortho nitro benzene ring substituents is 1. The van der Waals surface area contributed by atoms with Crippen molar-refractivity contribution in [2.45, 2.75) is 18.7 Å². The minimum atomic E-state index is -4.46. The Morgan fingerprint density at radius 3 is 2.28 bits per heavy atom. The van der Waals surface area contributed by atoms with Gasteiger partial charge in [-0.15, -0.1) is 0 Å². The number of fused-ring (bicyclic) bond motifs is 1. The summed E-state index contributed by atoms with van der Waals surface area (Å²) < 4.78 is 32.6. The molecule has 1 N–H and O–H groups in total. The molecule has 1 aromatic heterocycles. The van der Waals surface area contributed by atoms with Crippen molar-refractivity contribution in [3.63, 3.8) is 0 Å². The Kier molecular flexibility index (Phi) is 4.80. The van der Waals surface area contributed by atoms with E-state index in [2.05, 4.69) is 4.72 Å². The second kappa shape index (κ2) is 6.98. The first-order valence-electron chi connectivity index (χ1n) is 8.01. The summed E-state index contributed by atoms with van der Waals surface area (Å²) in [5, 5.41) is 22.6. The molecular formula is C17H13N3O8S. The lowest BCUT2D eigenvalue weighted by Gasteiger charge is -2.10. The van der Waals surface area contributed by atoms with Gasteiger partial charge in [0, 0.05) is 23.1 Å². The second-order valence-electron chi connectivity index (χ2n) is 6.12. The second-order valence-corrected chi connectivity index (χ2v) is 7.77. The average molecular weight is 419 g/mol. The predicted molar refractivity (Wildman–Crippen MR) is 103 cm³/mol. The summed E-state index contributed by atoms with van der Waals surface area (Å²) in [5.74, 6) is 0. The van der Waals surface area contributed by atoms with Crippen LogP contribution >= 0.6 is 0 Å². The number of hydrogen-bond donors (Lipinski definition) is 1. The molecule has 0 atom stereocenters. The van der Waals surface area contributed by atoms with Crippen LogP contribution in [0.4, 0.5) is 17.1 Å². The summed E-state index contributed by atoms with van der Waals surface area (Å²) in [6.07, 6.45) is 0. The Morgan fingerprint density at radius 2 is 1.66 bits per heavy atom. The van der Waals surface area contributed by atoms with Gasteiger partial charge < -0.3 is 4.42 Å². The summed E-state index contributed by atoms with van der Waals surface area (Å²) in [7, 11) is -4.46. The largest absolute Gasteiger partial charge is 0.422 e. The van der Waals surface area contributed by atoms with Crippen LogP contribution in [0.15, 0.2) is 50.5 Å². The van der Waals surface area contributed by atoms with Gasteiger partial charge in [0.1, 0.15) is 5.58 Å².